The minimum absolute atomic E-state index is 0. The van der Waals surface area contributed by atoms with Crippen molar-refractivity contribution < 1.29 is 0 Å². The minimum atomic E-state index is 0. The Morgan fingerprint density at radius 3 is 2.94 bits per heavy atom. The highest BCUT2D eigenvalue weighted by Gasteiger charge is 2.22. The molecular weight excluding hydrogens is 240 g/mol. The summed E-state index contributed by atoms with van der Waals surface area (Å²) < 4.78 is 0. The number of halogens is 1. The second kappa shape index (κ2) is 6.88. The molecule has 1 aliphatic heterocycles. The highest BCUT2D eigenvalue weighted by molar-refractivity contribution is 5.85. The normalized spacial score (nSPS) is 21.2. The highest BCUT2D eigenvalue weighted by Crippen LogP contribution is 2.11. The molecule has 0 aliphatic carbocycles. The number of rotatable bonds is 4. The van der Waals surface area contributed by atoms with Gasteiger partial charge in [-0.25, -0.2) is 0 Å². The first kappa shape index (κ1) is 14.3. The van der Waals surface area contributed by atoms with Gasteiger partial charge in [0.2, 0.25) is 0 Å². The van der Waals surface area contributed by atoms with Crippen LogP contribution in [0.25, 0.3) is 0 Å². The van der Waals surface area contributed by atoms with Crippen LogP contribution >= 0.6 is 12.4 Å². The number of aryl methyl sites for hydroxylation is 1. The van der Waals surface area contributed by atoms with E-state index >= 15 is 0 Å². The molecule has 2 rings (SSSR count). The zero-order valence-electron chi connectivity index (χ0n) is 10.5. The fourth-order valence-electron chi connectivity index (χ4n) is 2.20. The Hall–Kier alpha value is -0.720. The van der Waals surface area contributed by atoms with Crippen molar-refractivity contribution in [3.8, 4) is 0 Å². The Morgan fingerprint density at radius 2 is 2.29 bits per heavy atom. The third kappa shape index (κ3) is 3.90. The van der Waals surface area contributed by atoms with Gasteiger partial charge in [-0.2, -0.15) is 4.80 Å². The SMILES string of the molecule is CCCC1CNCCN1Cc1nnn(C)n1.Cl. The molecule has 6 nitrogen and oxygen atoms in total. The molecule has 0 bridgehead atoms. The standard InChI is InChI=1S/C10H20N6.ClH/c1-3-4-9-7-11-5-6-16(9)8-10-12-14-15(2)13-10;/h9,11H,3-8H2,1-2H3;1H. The maximum Gasteiger partial charge on any atom is 0.188 e. The molecule has 98 valence electrons. The van der Waals surface area contributed by atoms with Crippen molar-refractivity contribution in [3.63, 3.8) is 0 Å². The molecule has 7 heteroatoms. The van der Waals surface area contributed by atoms with Gasteiger partial charge in [-0.1, -0.05) is 13.3 Å². The van der Waals surface area contributed by atoms with Crippen molar-refractivity contribution in [2.45, 2.75) is 32.4 Å². The van der Waals surface area contributed by atoms with E-state index in [1.54, 1.807) is 7.05 Å². The van der Waals surface area contributed by atoms with Gasteiger partial charge in [0.05, 0.1) is 13.6 Å². The second-order valence-electron chi connectivity index (χ2n) is 4.31. The van der Waals surface area contributed by atoms with Crippen molar-refractivity contribution in [3.05, 3.63) is 5.82 Å². The quantitative estimate of drug-likeness (QED) is 0.839. The first-order valence-electron chi connectivity index (χ1n) is 5.97. The van der Waals surface area contributed by atoms with E-state index in [2.05, 4.69) is 32.6 Å². The van der Waals surface area contributed by atoms with Crippen LogP contribution in [0.3, 0.4) is 0 Å². The molecule has 1 unspecified atom stereocenters. The van der Waals surface area contributed by atoms with Crippen molar-refractivity contribution >= 4 is 12.4 Å². The van der Waals surface area contributed by atoms with Crippen LogP contribution in [0.2, 0.25) is 0 Å². The second-order valence-corrected chi connectivity index (χ2v) is 4.31. The summed E-state index contributed by atoms with van der Waals surface area (Å²) in [5.41, 5.74) is 0. The first-order valence-corrected chi connectivity index (χ1v) is 5.97. The van der Waals surface area contributed by atoms with Crippen LogP contribution in [0.5, 0.6) is 0 Å². The Morgan fingerprint density at radius 1 is 1.47 bits per heavy atom. The average Bonchev–Trinajstić information content (AvgIpc) is 2.67. The molecular formula is C10H21ClN6. The van der Waals surface area contributed by atoms with Crippen molar-refractivity contribution in [1.82, 2.24) is 30.4 Å². The molecule has 1 N–H and O–H groups in total. The predicted molar refractivity (Wildman–Crippen MR) is 68.0 cm³/mol. The molecule has 1 saturated heterocycles. The van der Waals surface area contributed by atoms with Crippen LogP contribution in [0.15, 0.2) is 0 Å². The molecule has 2 heterocycles. The van der Waals surface area contributed by atoms with E-state index in [0.29, 0.717) is 6.04 Å². The van der Waals surface area contributed by atoms with E-state index in [9.17, 15) is 0 Å². The topological polar surface area (TPSA) is 58.9 Å². The van der Waals surface area contributed by atoms with Gasteiger partial charge in [0.25, 0.3) is 0 Å². The molecule has 1 aromatic heterocycles. The molecule has 1 fully saturated rings. The summed E-state index contributed by atoms with van der Waals surface area (Å²) in [6.45, 7) is 6.26. The Bertz CT molecular complexity index is 326. The van der Waals surface area contributed by atoms with E-state index in [-0.39, 0.29) is 12.4 Å². The zero-order chi connectivity index (χ0) is 11.4. The van der Waals surface area contributed by atoms with Gasteiger partial charge in [-0.05, 0) is 11.6 Å². The molecule has 0 spiro atoms. The smallest absolute Gasteiger partial charge is 0.188 e. The number of nitrogens with one attached hydrogen (secondary N) is 1. The summed E-state index contributed by atoms with van der Waals surface area (Å²) in [6, 6.07) is 0.613. The van der Waals surface area contributed by atoms with Gasteiger partial charge in [-0.3, -0.25) is 4.90 Å². The molecule has 17 heavy (non-hydrogen) atoms. The average molecular weight is 261 g/mol. The van der Waals surface area contributed by atoms with E-state index in [1.165, 1.54) is 17.6 Å². The van der Waals surface area contributed by atoms with Crippen molar-refractivity contribution in [1.29, 1.82) is 0 Å². The molecule has 1 aromatic rings. The molecule has 0 radical (unpaired) electrons. The monoisotopic (exact) mass is 260 g/mol. The maximum atomic E-state index is 4.23. The summed E-state index contributed by atoms with van der Waals surface area (Å²) in [6.07, 6.45) is 2.45. The van der Waals surface area contributed by atoms with Crippen LogP contribution in [-0.2, 0) is 13.6 Å². The van der Waals surface area contributed by atoms with Crippen molar-refractivity contribution in [2.75, 3.05) is 19.6 Å². The number of tetrazole rings is 1. The van der Waals surface area contributed by atoms with Gasteiger partial charge >= 0.3 is 0 Å². The van der Waals surface area contributed by atoms with Crippen LogP contribution in [0, 0.1) is 0 Å². The van der Waals surface area contributed by atoms with E-state index in [4.69, 9.17) is 0 Å². The zero-order valence-corrected chi connectivity index (χ0v) is 11.3. The Balaban J connectivity index is 0.00000144. The summed E-state index contributed by atoms with van der Waals surface area (Å²) in [5.74, 6) is 0.825. The van der Waals surface area contributed by atoms with Gasteiger partial charge in [0, 0.05) is 25.7 Å². The largest absolute Gasteiger partial charge is 0.314 e. The maximum absolute atomic E-state index is 4.23. The Kier molecular flexibility index (Phi) is 5.80. The van der Waals surface area contributed by atoms with E-state index in [0.717, 1.165) is 32.0 Å². The predicted octanol–water partition coefficient (Wildman–Crippen LogP) is 0.206. The lowest BCUT2D eigenvalue weighted by molar-refractivity contribution is 0.140. The lowest BCUT2D eigenvalue weighted by Gasteiger charge is -2.35. The molecule has 0 aromatic carbocycles. The molecule has 1 aliphatic rings. The van der Waals surface area contributed by atoms with Crippen LogP contribution < -0.4 is 5.32 Å². The Labute approximate surface area is 108 Å². The molecule has 1 atom stereocenters. The van der Waals surface area contributed by atoms with E-state index < -0.39 is 0 Å². The summed E-state index contributed by atoms with van der Waals surface area (Å²) in [5, 5.41) is 15.6. The summed E-state index contributed by atoms with van der Waals surface area (Å²) in [7, 11) is 1.80. The number of aromatic nitrogens is 4. The number of hydrogen-bond acceptors (Lipinski definition) is 5. The van der Waals surface area contributed by atoms with Crippen molar-refractivity contribution in [2.24, 2.45) is 7.05 Å². The molecule has 0 saturated carbocycles. The van der Waals surface area contributed by atoms with Gasteiger partial charge in [0.15, 0.2) is 5.82 Å². The minimum Gasteiger partial charge on any atom is -0.314 e. The van der Waals surface area contributed by atoms with Gasteiger partial charge in [-0.15, -0.1) is 22.6 Å². The highest BCUT2D eigenvalue weighted by atomic mass is 35.5. The van der Waals surface area contributed by atoms with E-state index in [1.807, 2.05) is 0 Å². The fraction of sp³-hybridized carbons (Fsp3) is 0.900. The van der Waals surface area contributed by atoms with Gasteiger partial charge < -0.3 is 5.32 Å². The third-order valence-electron chi connectivity index (χ3n) is 2.99. The number of piperazine rings is 1. The summed E-state index contributed by atoms with van der Waals surface area (Å²) in [4.78, 5) is 3.98. The lowest BCUT2D eigenvalue weighted by atomic mass is 10.1. The lowest BCUT2D eigenvalue weighted by Crippen LogP contribution is -2.50. The van der Waals surface area contributed by atoms with Crippen LogP contribution in [0.4, 0.5) is 0 Å². The summed E-state index contributed by atoms with van der Waals surface area (Å²) >= 11 is 0. The third-order valence-corrected chi connectivity index (χ3v) is 2.99. The van der Waals surface area contributed by atoms with Crippen LogP contribution in [-0.4, -0.2) is 50.8 Å². The first-order chi connectivity index (χ1) is 7.79. The number of nitrogens with zero attached hydrogens (tertiary/aromatic N) is 5. The number of hydrogen-bond donors (Lipinski definition) is 1. The van der Waals surface area contributed by atoms with Crippen LogP contribution in [0.1, 0.15) is 25.6 Å². The fourth-order valence-corrected chi connectivity index (χ4v) is 2.20. The molecule has 0 amide bonds. The van der Waals surface area contributed by atoms with Gasteiger partial charge in [0.1, 0.15) is 0 Å².